The van der Waals surface area contributed by atoms with Crippen LogP contribution in [0.3, 0.4) is 0 Å². The van der Waals surface area contributed by atoms with E-state index in [1.165, 1.54) is 0 Å². The summed E-state index contributed by atoms with van der Waals surface area (Å²) in [5.41, 5.74) is -5.45. The smallest absolute Gasteiger partial charge is 0.248 e. The zero-order chi connectivity index (χ0) is 9.12. The van der Waals surface area contributed by atoms with Crippen molar-refractivity contribution in [3.63, 3.8) is 0 Å². The van der Waals surface area contributed by atoms with E-state index in [2.05, 4.69) is 4.18 Å². The molecule has 0 aliphatic carbocycles. The summed E-state index contributed by atoms with van der Waals surface area (Å²) >= 11 is 0. The fourth-order valence-electron chi connectivity index (χ4n) is 0.171. The molecule has 0 aromatic carbocycles. The average molecular weight is 189 g/mol. The molecule has 0 aliphatic rings. The fraction of sp³-hybridized carbons (Fsp3) is 0.667. The van der Waals surface area contributed by atoms with Crippen LogP contribution < -0.4 is 0 Å². The Morgan fingerprint density at radius 3 is 2.18 bits per heavy atom. The van der Waals surface area contributed by atoms with Crippen LogP contribution in [-0.4, -0.2) is 20.5 Å². The minimum atomic E-state index is -5.58. The number of rotatable bonds is 2. The molecule has 0 bridgehead atoms. The largest absolute Gasteiger partial charge is 0.523 e. The highest BCUT2D eigenvalue weighted by atomic mass is 32.2. The minimum absolute atomic E-state index is 1.09. The van der Waals surface area contributed by atoms with Gasteiger partial charge < -0.3 is 0 Å². The van der Waals surface area contributed by atoms with Gasteiger partial charge in [0, 0.05) is 0 Å². The molecule has 64 valence electrons. The van der Waals surface area contributed by atoms with Crippen LogP contribution in [0.5, 0.6) is 0 Å². The maximum atomic E-state index is 11.3. The summed E-state index contributed by atoms with van der Waals surface area (Å²) in [6.07, 6.45) is 0. The Kier molecular flexibility index (Phi) is 2.84. The van der Waals surface area contributed by atoms with E-state index in [0.29, 0.717) is 0 Å². The van der Waals surface area contributed by atoms with Crippen LogP contribution in [0, 0.1) is 11.3 Å². The molecule has 0 amide bonds. The Morgan fingerprint density at radius 2 is 1.91 bits per heavy atom. The molecule has 0 fully saturated rings. The molecular weight excluding hydrogens is 187 g/mol. The maximum Gasteiger partial charge on any atom is 0.523 e. The van der Waals surface area contributed by atoms with Gasteiger partial charge in [0.2, 0.25) is 0 Å². The molecule has 0 aromatic heterocycles. The molecule has 0 unspecified atom stereocenters. The van der Waals surface area contributed by atoms with Gasteiger partial charge in [0.15, 0.2) is 6.61 Å². The topological polar surface area (TPSA) is 67.2 Å². The van der Waals surface area contributed by atoms with E-state index < -0.39 is 22.2 Å². The molecule has 0 spiro atoms. The molecule has 0 aliphatic heterocycles. The highest BCUT2D eigenvalue weighted by Gasteiger charge is 2.47. The zero-order valence-corrected chi connectivity index (χ0v) is 5.74. The Bertz CT molecular complexity index is 261. The molecule has 0 N–H and O–H groups in total. The molecule has 0 saturated carbocycles. The number of halogens is 3. The van der Waals surface area contributed by atoms with Crippen molar-refractivity contribution in [1.82, 2.24) is 0 Å². The summed E-state index contributed by atoms with van der Waals surface area (Å²) in [6, 6.07) is 1.09. The molecule has 0 rings (SSSR count). The van der Waals surface area contributed by atoms with Crippen LogP contribution in [0.25, 0.3) is 0 Å². The van der Waals surface area contributed by atoms with Gasteiger partial charge in [-0.1, -0.05) is 0 Å². The zero-order valence-electron chi connectivity index (χ0n) is 4.92. The second kappa shape index (κ2) is 3.06. The summed E-state index contributed by atoms with van der Waals surface area (Å²) in [6.45, 7) is -1.14. The van der Waals surface area contributed by atoms with Gasteiger partial charge in [0.25, 0.3) is 0 Å². The van der Waals surface area contributed by atoms with E-state index in [4.69, 9.17) is 5.26 Å². The molecule has 0 radical (unpaired) electrons. The first-order chi connectivity index (χ1) is 4.81. The second-order valence-electron chi connectivity index (χ2n) is 1.32. The van der Waals surface area contributed by atoms with Crippen molar-refractivity contribution in [2.45, 2.75) is 5.51 Å². The van der Waals surface area contributed by atoms with Gasteiger partial charge in [-0.2, -0.15) is 26.9 Å². The fourth-order valence-corrected chi connectivity index (χ4v) is 0.512. The van der Waals surface area contributed by atoms with Crippen LogP contribution in [0.2, 0.25) is 0 Å². The number of alkyl halides is 3. The lowest BCUT2D eigenvalue weighted by Crippen LogP contribution is -2.25. The highest BCUT2D eigenvalue weighted by molar-refractivity contribution is 7.87. The number of nitrogens with zero attached hydrogens (tertiary/aromatic N) is 1. The standard InChI is InChI=1S/C3H2F3NO3S/c4-3(5,6)11(8,9)10-2-1-7/h2H2. The quantitative estimate of drug-likeness (QED) is 0.465. The molecule has 4 nitrogen and oxygen atoms in total. The van der Waals surface area contributed by atoms with Crippen LogP contribution >= 0.6 is 0 Å². The van der Waals surface area contributed by atoms with Crippen molar-refractivity contribution in [3.8, 4) is 6.07 Å². The predicted molar refractivity (Wildman–Crippen MR) is 26.5 cm³/mol. The maximum absolute atomic E-state index is 11.3. The van der Waals surface area contributed by atoms with Crippen LogP contribution in [0.4, 0.5) is 13.2 Å². The Hall–Kier alpha value is -0.810. The normalized spacial score (nSPS) is 12.5. The molecule has 8 heteroatoms. The van der Waals surface area contributed by atoms with Crippen molar-refractivity contribution in [2.75, 3.05) is 6.61 Å². The van der Waals surface area contributed by atoms with Crippen LogP contribution in [-0.2, 0) is 14.3 Å². The third kappa shape index (κ3) is 2.73. The monoisotopic (exact) mass is 189 g/mol. The summed E-state index contributed by atoms with van der Waals surface area (Å²) in [5.74, 6) is 0. The molecular formula is C3H2F3NO3S. The number of hydrogen-bond acceptors (Lipinski definition) is 4. The average Bonchev–Trinajstić information content (AvgIpc) is 1.81. The van der Waals surface area contributed by atoms with Gasteiger partial charge in [0.1, 0.15) is 0 Å². The molecule has 11 heavy (non-hydrogen) atoms. The molecule has 0 saturated heterocycles. The summed E-state index contributed by atoms with van der Waals surface area (Å²) in [4.78, 5) is 0. The molecule has 0 heterocycles. The first-order valence-electron chi connectivity index (χ1n) is 2.14. The summed E-state index contributed by atoms with van der Waals surface area (Å²) < 4.78 is 57.1. The minimum Gasteiger partial charge on any atom is -0.248 e. The van der Waals surface area contributed by atoms with Crippen molar-refractivity contribution < 1.29 is 25.8 Å². The summed E-state index contributed by atoms with van der Waals surface area (Å²) in [5, 5.41) is 7.69. The van der Waals surface area contributed by atoms with Gasteiger partial charge in [-0.3, -0.25) is 0 Å². The van der Waals surface area contributed by atoms with Gasteiger partial charge in [0.05, 0.1) is 6.07 Å². The van der Waals surface area contributed by atoms with Crippen LogP contribution in [0.15, 0.2) is 0 Å². The van der Waals surface area contributed by atoms with Gasteiger partial charge in [-0.25, -0.2) is 4.18 Å². The van der Waals surface area contributed by atoms with Crippen molar-refractivity contribution in [3.05, 3.63) is 0 Å². The van der Waals surface area contributed by atoms with E-state index in [9.17, 15) is 21.6 Å². The third-order valence-corrected chi connectivity index (χ3v) is 1.56. The lowest BCUT2D eigenvalue weighted by Gasteiger charge is -2.04. The van der Waals surface area contributed by atoms with E-state index >= 15 is 0 Å². The Labute approximate surface area is 60.3 Å². The summed E-state index contributed by atoms with van der Waals surface area (Å²) in [7, 11) is -5.58. The van der Waals surface area contributed by atoms with Gasteiger partial charge >= 0.3 is 15.6 Å². The van der Waals surface area contributed by atoms with E-state index in [0.717, 1.165) is 6.07 Å². The first-order valence-corrected chi connectivity index (χ1v) is 3.55. The lowest BCUT2D eigenvalue weighted by molar-refractivity contribution is -0.0534. The SMILES string of the molecule is N#CCOS(=O)(=O)C(F)(F)F. The highest BCUT2D eigenvalue weighted by Crippen LogP contribution is 2.24. The second-order valence-corrected chi connectivity index (χ2v) is 2.93. The number of nitriles is 1. The van der Waals surface area contributed by atoms with E-state index in [1.807, 2.05) is 0 Å². The van der Waals surface area contributed by atoms with Crippen molar-refractivity contribution in [1.29, 1.82) is 5.26 Å². The third-order valence-electron chi connectivity index (χ3n) is 0.562. The Morgan fingerprint density at radius 1 is 1.45 bits per heavy atom. The first kappa shape index (κ1) is 10.2. The van der Waals surface area contributed by atoms with Gasteiger partial charge in [-0.15, -0.1) is 0 Å². The van der Waals surface area contributed by atoms with Crippen molar-refractivity contribution >= 4 is 10.1 Å². The molecule has 0 atom stereocenters. The lowest BCUT2D eigenvalue weighted by atomic mass is 10.9. The molecule has 0 aromatic rings. The van der Waals surface area contributed by atoms with Crippen LogP contribution in [0.1, 0.15) is 0 Å². The van der Waals surface area contributed by atoms with Gasteiger partial charge in [-0.05, 0) is 0 Å². The van der Waals surface area contributed by atoms with E-state index in [-0.39, 0.29) is 0 Å². The van der Waals surface area contributed by atoms with E-state index in [1.54, 1.807) is 0 Å². The predicted octanol–water partition coefficient (Wildman–Crippen LogP) is 0.376. The van der Waals surface area contributed by atoms with Crippen molar-refractivity contribution in [2.24, 2.45) is 0 Å². The Balaban J connectivity index is 4.41. The number of hydrogen-bond donors (Lipinski definition) is 0.